The van der Waals surface area contributed by atoms with Crippen molar-refractivity contribution in [1.82, 2.24) is 4.98 Å². The second kappa shape index (κ2) is 6.14. The van der Waals surface area contributed by atoms with Gasteiger partial charge in [-0.05, 0) is 26.0 Å². The number of nitrogens with zero attached hydrogens (tertiary/aromatic N) is 1. The molecule has 0 aliphatic carbocycles. The van der Waals surface area contributed by atoms with E-state index in [1.807, 2.05) is 18.2 Å². The van der Waals surface area contributed by atoms with Gasteiger partial charge in [0.2, 0.25) is 0 Å². The van der Waals surface area contributed by atoms with Gasteiger partial charge in [0.15, 0.2) is 6.61 Å². The molecule has 1 heterocycles. The van der Waals surface area contributed by atoms with Crippen LogP contribution in [0.4, 0.5) is 0 Å². The first-order valence-electron chi connectivity index (χ1n) is 6.28. The van der Waals surface area contributed by atoms with Crippen LogP contribution in [0.2, 0.25) is 0 Å². The van der Waals surface area contributed by atoms with Crippen molar-refractivity contribution in [2.75, 3.05) is 6.61 Å². The first kappa shape index (κ1) is 14.0. The van der Waals surface area contributed by atoms with Gasteiger partial charge in [0.05, 0.1) is 11.6 Å². The minimum absolute atomic E-state index is 0.168. The van der Waals surface area contributed by atoms with E-state index >= 15 is 0 Å². The lowest BCUT2D eigenvalue weighted by Gasteiger charge is -2.08. The second-order valence-electron chi connectivity index (χ2n) is 4.50. The Kier molecular flexibility index (Phi) is 4.30. The number of pyridine rings is 1. The SMILES string of the molecule is CC(C)OC(=O)COC(=O)c1ccc2ccccc2n1. The highest BCUT2D eigenvalue weighted by Gasteiger charge is 2.13. The molecule has 0 atom stereocenters. The molecule has 0 radical (unpaired) electrons. The lowest BCUT2D eigenvalue weighted by molar-refractivity contribution is -0.150. The van der Waals surface area contributed by atoms with E-state index in [-0.39, 0.29) is 11.8 Å². The fraction of sp³-hybridized carbons (Fsp3) is 0.267. The molecule has 0 spiro atoms. The summed E-state index contributed by atoms with van der Waals surface area (Å²) in [4.78, 5) is 27.3. The van der Waals surface area contributed by atoms with E-state index in [1.165, 1.54) is 0 Å². The molecule has 1 aromatic heterocycles. The van der Waals surface area contributed by atoms with Crippen LogP contribution < -0.4 is 0 Å². The predicted molar refractivity (Wildman–Crippen MR) is 73.3 cm³/mol. The van der Waals surface area contributed by atoms with Gasteiger partial charge in [-0.2, -0.15) is 0 Å². The fourth-order valence-electron chi connectivity index (χ4n) is 1.68. The third-order valence-corrected chi connectivity index (χ3v) is 2.50. The molecule has 0 amide bonds. The standard InChI is InChI=1S/C15H15NO4/c1-10(2)20-14(17)9-19-15(18)13-8-7-11-5-3-4-6-12(11)16-13/h3-8,10H,9H2,1-2H3. The maximum atomic E-state index is 11.8. The number of carbonyl (C=O) groups excluding carboxylic acids is 2. The number of benzene rings is 1. The molecule has 0 bridgehead atoms. The molecular weight excluding hydrogens is 258 g/mol. The van der Waals surface area contributed by atoms with Crippen LogP contribution in [0.25, 0.3) is 10.9 Å². The van der Waals surface area contributed by atoms with Crippen LogP contribution in [0, 0.1) is 0 Å². The van der Waals surface area contributed by atoms with Gasteiger partial charge in [0.1, 0.15) is 5.69 Å². The number of esters is 2. The summed E-state index contributed by atoms with van der Waals surface area (Å²) in [5, 5.41) is 0.934. The molecular formula is C15H15NO4. The van der Waals surface area contributed by atoms with Gasteiger partial charge >= 0.3 is 11.9 Å². The van der Waals surface area contributed by atoms with Crippen molar-refractivity contribution in [2.24, 2.45) is 0 Å². The van der Waals surface area contributed by atoms with Crippen molar-refractivity contribution >= 4 is 22.8 Å². The average Bonchev–Trinajstić information content (AvgIpc) is 2.43. The highest BCUT2D eigenvalue weighted by molar-refractivity contribution is 5.92. The second-order valence-corrected chi connectivity index (χ2v) is 4.50. The Morgan fingerprint density at radius 1 is 1.15 bits per heavy atom. The number of hydrogen-bond donors (Lipinski definition) is 0. The molecule has 0 saturated carbocycles. The van der Waals surface area contributed by atoms with Gasteiger partial charge in [-0.15, -0.1) is 0 Å². The van der Waals surface area contributed by atoms with Gasteiger partial charge < -0.3 is 9.47 Å². The lowest BCUT2D eigenvalue weighted by atomic mass is 10.2. The van der Waals surface area contributed by atoms with Crippen molar-refractivity contribution in [3.05, 3.63) is 42.1 Å². The molecule has 0 aliphatic rings. The summed E-state index contributed by atoms with van der Waals surface area (Å²) in [5.74, 6) is -1.22. The van der Waals surface area contributed by atoms with Crippen LogP contribution in [-0.2, 0) is 14.3 Å². The largest absolute Gasteiger partial charge is 0.460 e. The van der Waals surface area contributed by atoms with Gasteiger partial charge in [0, 0.05) is 5.39 Å². The smallest absolute Gasteiger partial charge is 0.357 e. The molecule has 0 fully saturated rings. The van der Waals surface area contributed by atoms with Crippen molar-refractivity contribution in [3.8, 4) is 0 Å². The molecule has 1 aromatic carbocycles. The monoisotopic (exact) mass is 273 g/mol. The Balaban J connectivity index is 2.02. The molecule has 0 saturated heterocycles. The average molecular weight is 273 g/mol. The molecule has 0 unspecified atom stereocenters. The van der Waals surface area contributed by atoms with E-state index < -0.39 is 18.5 Å². The molecule has 104 valence electrons. The van der Waals surface area contributed by atoms with Crippen LogP contribution in [0.15, 0.2) is 36.4 Å². The zero-order valence-electron chi connectivity index (χ0n) is 11.3. The first-order chi connectivity index (χ1) is 9.56. The number of carbonyl (C=O) groups is 2. The van der Waals surface area contributed by atoms with Crippen LogP contribution >= 0.6 is 0 Å². The predicted octanol–water partition coefficient (Wildman–Crippen LogP) is 2.34. The highest BCUT2D eigenvalue weighted by Crippen LogP contribution is 2.12. The molecule has 2 rings (SSSR count). The van der Waals surface area contributed by atoms with Crippen molar-refractivity contribution in [2.45, 2.75) is 20.0 Å². The molecule has 0 aliphatic heterocycles. The summed E-state index contributed by atoms with van der Waals surface area (Å²) in [6.07, 6.45) is -0.236. The van der Waals surface area contributed by atoms with E-state index in [0.29, 0.717) is 5.52 Å². The summed E-state index contributed by atoms with van der Waals surface area (Å²) in [6, 6.07) is 10.8. The molecule has 20 heavy (non-hydrogen) atoms. The van der Waals surface area contributed by atoms with Crippen LogP contribution in [-0.4, -0.2) is 29.6 Å². The van der Waals surface area contributed by atoms with Crippen LogP contribution in [0.5, 0.6) is 0 Å². The topological polar surface area (TPSA) is 65.5 Å². The third-order valence-electron chi connectivity index (χ3n) is 2.50. The van der Waals surface area contributed by atoms with Gasteiger partial charge in [-0.25, -0.2) is 14.6 Å². The zero-order valence-corrected chi connectivity index (χ0v) is 11.3. The van der Waals surface area contributed by atoms with Crippen molar-refractivity contribution < 1.29 is 19.1 Å². The zero-order chi connectivity index (χ0) is 14.5. The maximum Gasteiger partial charge on any atom is 0.357 e. The summed E-state index contributed by atoms with van der Waals surface area (Å²) in [5.41, 5.74) is 0.868. The van der Waals surface area contributed by atoms with Crippen molar-refractivity contribution in [1.29, 1.82) is 0 Å². The molecule has 0 N–H and O–H groups in total. The molecule has 5 nitrogen and oxygen atoms in total. The number of ether oxygens (including phenoxy) is 2. The number of aromatic nitrogens is 1. The third kappa shape index (κ3) is 3.54. The van der Waals surface area contributed by atoms with Gasteiger partial charge in [-0.3, -0.25) is 0 Å². The maximum absolute atomic E-state index is 11.8. The van der Waals surface area contributed by atoms with Gasteiger partial charge in [0.25, 0.3) is 0 Å². The van der Waals surface area contributed by atoms with E-state index in [0.717, 1.165) is 5.39 Å². The van der Waals surface area contributed by atoms with Crippen molar-refractivity contribution in [3.63, 3.8) is 0 Å². The Bertz CT molecular complexity index is 637. The Hall–Kier alpha value is -2.43. The minimum Gasteiger partial charge on any atom is -0.460 e. The minimum atomic E-state index is -0.642. The molecule has 5 heteroatoms. The fourth-order valence-corrected chi connectivity index (χ4v) is 1.68. The van der Waals surface area contributed by atoms with Gasteiger partial charge in [-0.1, -0.05) is 24.3 Å². The van der Waals surface area contributed by atoms with E-state index in [2.05, 4.69) is 4.98 Å². The summed E-state index contributed by atoms with van der Waals surface area (Å²) in [6.45, 7) is 3.04. The lowest BCUT2D eigenvalue weighted by Crippen LogP contribution is -2.20. The van der Waals surface area contributed by atoms with E-state index in [1.54, 1.807) is 32.0 Å². The summed E-state index contributed by atoms with van der Waals surface area (Å²) < 4.78 is 9.73. The Morgan fingerprint density at radius 2 is 1.90 bits per heavy atom. The van der Waals surface area contributed by atoms with Crippen LogP contribution in [0.1, 0.15) is 24.3 Å². The van der Waals surface area contributed by atoms with E-state index in [4.69, 9.17) is 9.47 Å². The van der Waals surface area contributed by atoms with Crippen LogP contribution in [0.3, 0.4) is 0 Å². The number of para-hydroxylation sites is 1. The molecule has 2 aromatic rings. The number of hydrogen-bond acceptors (Lipinski definition) is 5. The Labute approximate surface area is 116 Å². The first-order valence-corrected chi connectivity index (χ1v) is 6.28. The highest BCUT2D eigenvalue weighted by atomic mass is 16.6. The quantitative estimate of drug-likeness (QED) is 0.800. The summed E-state index contributed by atoms with van der Waals surface area (Å²) >= 11 is 0. The summed E-state index contributed by atoms with van der Waals surface area (Å²) in [7, 11) is 0. The normalized spacial score (nSPS) is 10.6. The Morgan fingerprint density at radius 3 is 2.65 bits per heavy atom. The number of rotatable bonds is 4. The van der Waals surface area contributed by atoms with E-state index in [9.17, 15) is 9.59 Å². The number of fused-ring (bicyclic) bond motifs is 1.